The molecule has 7 nitrogen and oxygen atoms in total. The summed E-state index contributed by atoms with van der Waals surface area (Å²) in [6.45, 7) is 2.36. The van der Waals surface area contributed by atoms with E-state index in [1.807, 2.05) is 4.57 Å². The number of halogens is 1. The number of hydrogen-bond donors (Lipinski definition) is 2. The Morgan fingerprint density at radius 1 is 1.31 bits per heavy atom. The molecule has 26 heavy (non-hydrogen) atoms. The van der Waals surface area contributed by atoms with Crippen LogP contribution in [0.3, 0.4) is 0 Å². The molecule has 2 aliphatic rings. The van der Waals surface area contributed by atoms with Gasteiger partial charge in [-0.15, -0.1) is 10.2 Å². The molecular weight excluding hydrogens is 337 g/mol. The summed E-state index contributed by atoms with van der Waals surface area (Å²) in [5.41, 5.74) is 0.890. The van der Waals surface area contributed by atoms with Crippen molar-refractivity contribution in [2.45, 2.75) is 38.3 Å². The molecule has 2 N–H and O–H groups in total. The van der Waals surface area contributed by atoms with Gasteiger partial charge in [0.05, 0.1) is 18.8 Å². The van der Waals surface area contributed by atoms with Crippen LogP contribution < -0.4 is 10.6 Å². The molecule has 0 radical (unpaired) electrons. The monoisotopic (exact) mass is 359 g/mol. The molecule has 2 aromatic rings. The molecule has 0 bridgehead atoms. The number of nitrogens with zero attached hydrogens (tertiary/aromatic N) is 3. The van der Waals surface area contributed by atoms with Gasteiger partial charge in [-0.25, -0.2) is 4.39 Å². The minimum atomic E-state index is -0.401. The van der Waals surface area contributed by atoms with Crippen molar-refractivity contribution in [1.82, 2.24) is 20.1 Å². The van der Waals surface area contributed by atoms with Crippen molar-refractivity contribution in [2.75, 3.05) is 25.1 Å². The number of aromatic nitrogens is 3. The minimum absolute atomic E-state index is 0.192. The Morgan fingerprint density at radius 2 is 2.23 bits per heavy atom. The maximum absolute atomic E-state index is 14.5. The van der Waals surface area contributed by atoms with E-state index in [2.05, 4.69) is 20.8 Å². The average Bonchev–Trinajstić information content (AvgIpc) is 2.92. The molecule has 3 heterocycles. The number of benzene rings is 1. The zero-order valence-electron chi connectivity index (χ0n) is 14.5. The Hall–Kier alpha value is -2.32. The van der Waals surface area contributed by atoms with Crippen LogP contribution in [0, 0.1) is 5.82 Å². The van der Waals surface area contributed by atoms with Crippen LogP contribution in [-0.2, 0) is 22.5 Å². The Labute approximate surface area is 150 Å². The highest BCUT2D eigenvalue weighted by molar-refractivity contribution is 5.95. The molecule has 1 unspecified atom stereocenters. The summed E-state index contributed by atoms with van der Waals surface area (Å²) in [6, 6.07) is 4.13. The molecular formula is C18H22FN5O2. The summed E-state index contributed by atoms with van der Waals surface area (Å²) in [5.74, 6) is 0.855. The van der Waals surface area contributed by atoms with Gasteiger partial charge in [0.15, 0.2) is 5.82 Å². The largest absolute Gasteiger partial charge is 0.378 e. The summed E-state index contributed by atoms with van der Waals surface area (Å²) in [5, 5.41) is 14.4. The SMILES string of the molecule is O=C(Nc1ccc(F)c(-c2nnc3n2CCCCC3)c1)C1COCCN1. The van der Waals surface area contributed by atoms with Crippen molar-refractivity contribution in [3.63, 3.8) is 0 Å². The molecule has 1 saturated heterocycles. The molecule has 0 saturated carbocycles. The molecule has 1 amide bonds. The summed E-state index contributed by atoms with van der Waals surface area (Å²) in [4.78, 5) is 12.3. The standard InChI is InChI=1S/C18H22FN5O2/c19-14-6-5-12(21-18(25)15-11-26-9-7-20-15)10-13(14)17-23-22-16-4-2-1-3-8-24(16)17/h5-6,10,15,20H,1-4,7-9,11H2,(H,21,25). The van der Waals surface area contributed by atoms with E-state index >= 15 is 0 Å². The predicted molar refractivity (Wildman–Crippen MR) is 94.2 cm³/mol. The van der Waals surface area contributed by atoms with Gasteiger partial charge in [0.2, 0.25) is 5.91 Å². The number of aryl methyl sites for hydroxylation is 1. The first-order valence-electron chi connectivity index (χ1n) is 9.06. The third-order valence-corrected chi connectivity index (χ3v) is 4.82. The maximum atomic E-state index is 14.5. The van der Waals surface area contributed by atoms with E-state index in [4.69, 9.17) is 4.74 Å². The predicted octanol–water partition coefficient (Wildman–Crippen LogP) is 1.74. The molecule has 0 spiro atoms. The summed E-state index contributed by atoms with van der Waals surface area (Å²) in [7, 11) is 0. The first kappa shape index (κ1) is 17.1. The summed E-state index contributed by atoms with van der Waals surface area (Å²) in [6.07, 6.45) is 4.10. The number of morpholine rings is 1. The molecule has 2 aliphatic heterocycles. The van der Waals surface area contributed by atoms with Gasteiger partial charge in [-0.05, 0) is 31.0 Å². The highest BCUT2D eigenvalue weighted by Crippen LogP contribution is 2.27. The van der Waals surface area contributed by atoms with E-state index in [1.165, 1.54) is 6.07 Å². The number of fused-ring (bicyclic) bond motifs is 1. The van der Waals surface area contributed by atoms with Crippen LogP contribution in [0.4, 0.5) is 10.1 Å². The van der Waals surface area contributed by atoms with Gasteiger partial charge in [-0.2, -0.15) is 0 Å². The van der Waals surface area contributed by atoms with Gasteiger partial charge in [-0.1, -0.05) is 6.42 Å². The molecule has 138 valence electrons. The smallest absolute Gasteiger partial charge is 0.243 e. The first-order chi connectivity index (χ1) is 12.7. The Kier molecular flexibility index (Phi) is 4.94. The lowest BCUT2D eigenvalue weighted by Crippen LogP contribution is -2.48. The van der Waals surface area contributed by atoms with Crippen LogP contribution in [0.2, 0.25) is 0 Å². The number of amides is 1. The number of ether oxygens (including phenoxy) is 1. The van der Waals surface area contributed by atoms with Crippen LogP contribution in [0.5, 0.6) is 0 Å². The lowest BCUT2D eigenvalue weighted by molar-refractivity contribution is -0.120. The fourth-order valence-corrected chi connectivity index (χ4v) is 3.42. The van der Waals surface area contributed by atoms with Gasteiger partial charge in [0.1, 0.15) is 17.7 Å². The fourth-order valence-electron chi connectivity index (χ4n) is 3.42. The summed E-state index contributed by atoms with van der Waals surface area (Å²) >= 11 is 0. The fraction of sp³-hybridized carbons (Fsp3) is 0.500. The van der Waals surface area contributed by atoms with Crippen molar-refractivity contribution < 1.29 is 13.9 Å². The molecule has 1 aromatic heterocycles. The van der Waals surface area contributed by atoms with Crippen LogP contribution in [-0.4, -0.2) is 46.5 Å². The van der Waals surface area contributed by atoms with Crippen molar-refractivity contribution in [1.29, 1.82) is 0 Å². The second kappa shape index (κ2) is 7.51. The number of anilines is 1. The zero-order valence-corrected chi connectivity index (χ0v) is 14.5. The van der Waals surface area contributed by atoms with E-state index in [9.17, 15) is 9.18 Å². The minimum Gasteiger partial charge on any atom is -0.378 e. The number of hydrogen-bond acceptors (Lipinski definition) is 5. The van der Waals surface area contributed by atoms with E-state index in [-0.39, 0.29) is 11.7 Å². The van der Waals surface area contributed by atoms with Crippen LogP contribution >= 0.6 is 0 Å². The quantitative estimate of drug-likeness (QED) is 0.872. The second-order valence-corrected chi connectivity index (χ2v) is 6.67. The maximum Gasteiger partial charge on any atom is 0.243 e. The second-order valence-electron chi connectivity index (χ2n) is 6.67. The highest BCUT2D eigenvalue weighted by Gasteiger charge is 2.23. The van der Waals surface area contributed by atoms with E-state index in [0.717, 1.165) is 38.1 Å². The van der Waals surface area contributed by atoms with Crippen molar-refractivity contribution >= 4 is 11.6 Å². The Bertz CT molecular complexity index is 801. The van der Waals surface area contributed by atoms with E-state index in [0.29, 0.717) is 36.8 Å². The number of rotatable bonds is 3. The van der Waals surface area contributed by atoms with Crippen LogP contribution in [0.25, 0.3) is 11.4 Å². The van der Waals surface area contributed by atoms with Crippen LogP contribution in [0.1, 0.15) is 25.1 Å². The first-order valence-corrected chi connectivity index (χ1v) is 9.06. The van der Waals surface area contributed by atoms with Crippen molar-refractivity contribution in [3.8, 4) is 11.4 Å². The highest BCUT2D eigenvalue weighted by atomic mass is 19.1. The van der Waals surface area contributed by atoms with Gasteiger partial charge in [0, 0.05) is 25.2 Å². The van der Waals surface area contributed by atoms with Crippen LogP contribution in [0.15, 0.2) is 18.2 Å². The summed E-state index contributed by atoms with van der Waals surface area (Å²) < 4.78 is 21.8. The third-order valence-electron chi connectivity index (χ3n) is 4.82. The van der Waals surface area contributed by atoms with Crippen molar-refractivity contribution in [2.24, 2.45) is 0 Å². The van der Waals surface area contributed by atoms with E-state index in [1.54, 1.807) is 12.1 Å². The number of carbonyl (C=O) groups is 1. The number of carbonyl (C=O) groups excluding carboxylic acids is 1. The molecule has 1 fully saturated rings. The Morgan fingerprint density at radius 3 is 3.08 bits per heavy atom. The van der Waals surface area contributed by atoms with Gasteiger partial charge >= 0.3 is 0 Å². The van der Waals surface area contributed by atoms with Gasteiger partial charge < -0.3 is 19.9 Å². The number of nitrogens with one attached hydrogen (secondary N) is 2. The van der Waals surface area contributed by atoms with Gasteiger partial charge in [0.25, 0.3) is 0 Å². The lowest BCUT2D eigenvalue weighted by atomic mass is 10.1. The molecule has 1 aromatic carbocycles. The Balaban J connectivity index is 1.59. The average molecular weight is 359 g/mol. The molecule has 4 rings (SSSR count). The molecule has 1 atom stereocenters. The topological polar surface area (TPSA) is 81.1 Å². The molecule has 0 aliphatic carbocycles. The van der Waals surface area contributed by atoms with E-state index < -0.39 is 6.04 Å². The zero-order chi connectivity index (χ0) is 17.9. The molecule has 8 heteroatoms. The lowest BCUT2D eigenvalue weighted by Gasteiger charge is -2.23. The normalized spacial score (nSPS) is 20.3. The van der Waals surface area contributed by atoms with Crippen molar-refractivity contribution in [3.05, 3.63) is 29.8 Å². The van der Waals surface area contributed by atoms with Gasteiger partial charge in [-0.3, -0.25) is 4.79 Å². The third kappa shape index (κ3) is 3.47.